The van der Waals surface area contributed by atoms with Gasteiger partial charge in [-0.05, 0) is 12.1 Å². The van der Waals surface area contributed by atoms with Gasteiger partial charge in [-0.1, -0.05) is 17.5 Å². The van der Waals surface area contributed by atoms with Crippen molar-refractivity contribution in [2.24, 2.45) is 0 Å². The van der Waals surface area contributed by atoms with Crippen LogP contribution in [-0.2, 0) is 0 Å². The van der Waals surface area contributed by atoms with Crippen molar-refractivity contribution in [2.45, 2.75) is 0 Å². The number of hydrogen-bond acceptors (Lipinski definition) is 2. The zero-order valence-corrected chi connectivity index (χ0v) is 6.80. The van der Waals surface area contributed by atoms with Crippen molar-refractivity contribution in [3.63, 3.8) is 0 Å². The Labute approximate surface area is 74.2 Å². The topological polar surface area (TPSA) is 26.0 Å². The Kier molecular flexibility index (Phi) is 1.53. The van der Waals surface area contributed by atoms with Crippen molar-refractivity contribution in [3.05, 3.63) is 29.1 Å². The second kappa shape index (κ2) is 2.54. The first-order valence-corrected chi connectivity index (χ1v) is 3.68. The molecular weight excluding hydrogens is 174 g/mol. The van der Waals surface area contributed by atoms with Gasteiger partial charge in [0.2, 0.25) is 0 Å². The van der Waals surface area contributed by atoms with E-state index in [1.807, 2.05) is 0 Å². The van der Waals surface area contributed by atoms with Gasteiger partial charge >= 0.3 is 0 Å². The third kappa shape index (κ3) is 0.956. The molecule has 0 aliphatic heterocycles. The highest BCUT2D eigenvalue weighted by Gasteiger charge is 2.04. The standard InChI is InChI=1S/C9H4ClNO/c1-2-6-3-7(10)4-8-9(6)12-5-11-8/h1,3-5H. The largest absolute Gasteiger partial charge is 0.442 e. The molecule has 0 bridgehead atoms. The van der Waals surface area contributed by atoms with E-state index in [1.54, 1.807) is 12.1 Å². The highest BCUT2D eigenvalue weighted by atomic mass is 35.5. The number of fused-ring (bicyclic) bond motifs is 1. The average molecular weight is 178 g/mol. The summed E-state index contributed by atoms with van der Waals surface area (Å²) in [5, 5.41) is 0.573. The molecule has 0 atom stereocenters. The molecule has 0 saturated carbocycles. The van der Waals surface area contributed by atoms with Crippen LogP contribution in [0.5, 0.6) is 0 Å². The fourth-order valence-corrected chi connectivity index (χ4v) is 1.25. The minimum absolute atomic E-state index is 0.573. The summed E-state index contributed by atoms with van der Waals surface area (Å²) < 4.78 is 5.08. The lowest BCUT2D eigenvalue weighted by molar-refractivity contribution is 0.601. The van der Waals surface area contributed by atoms with Crippen LogP contribution in [0.25, 0.3) is 11.1 Å². The first-order chi connectivity index (χ1) is 5.81. The Morgan fingerprint density at radius 3 is 3.08 bits per heavy atom. The smallest absolute Gasteiger partial charge is 0.182 e. The molecule has 2 nitrogen and oxygen atoms in total. The average Bonchev–Trinajstić information content (AvgIpc) is 2.50. The Bertz CT molecular complexity index is 467. The minimum atomic E-state index is 0.573. The van der Waals surface area contributed by atoms with Crippen LogP contribution in [0, 0.1) is 12.3 Å². The van der Waals surface area contributed by atoms with Gasteiger partial charge in [0.15, 0.2) is 12.0 Å². The van der Waals surface area contributed by atoms with Gasteiger partial charge in [0.1, 0.15) is 5.52 Å². The lowest BCUT2D eigenvalue weighted by Crippen LogP contribution is -1.76. The summed E-state index contributed by atoms with van der Waals surface area (Å²) in [5.41, 5.74) is 1.94. The molecule has 12 heavy (non-hydrogen) atoms. The van der Waals surface area contributed by atoms with Crippen LogP contribution in [0.15, 0.2) is 22.9 Å². The second-order valence-corrected chi connectivity index (χ2v) is 2.73. The lowest BCUT2D eigenvalue weighted by atomic mass is 10.2. The van der Waals surface area contributed by atoms with Crippen molar-refractivity contribution in [3.8, 4) is 12.3 Å². The summed E-state index contributed by atoms with van der Waals surface area (Å²) in [6.45, 7) is 0. The van der Waals surface area contributed by atoms with Crippen molar-refractivity contribution >= 4 is 22.7 Å². The first-order valence-electron chi connectivity index (χ1n) is 3.30. The maximum Gasteiger partial charge on any atom is 0.182 e. The van der Waals surface area contributed by atoms with Gasteiger partial charge in [-0.2, -0.15) is 0 Å². The molecule has 0 fully saturated rings. The quantitative estimate of drug-likeness (QED) is 0.578. The molecule has 1 aromatic heterocycles. The summed E-state index contributed by atoms with van der Waals surface area (Å²) in [5.74, 6) is 2.48. The Hall–Kier alpha value is -1.46. The number of terminal acetylenes is 1. The molecule has 0 aliphatic carbocycles. The SMILES string of the molecule is C#Cc1cc(Cl)cc2ncoc12. The van der Waals surface area contributed by atoms with Gasteiger partial charge in [-0.15, -0.1) is 6.42 Å². The van der Waals surface area contributed by atoms with Crippen LogP contribution in [0.3, 0.4) is 0 Å². The Morgan fingerprint density at radius 1 is 1.50 bits per heavy atom. The molecule has 2 rings (SSSR count). The summed E-state index contributed by atoms with van der Waals surface area (Å²) in [6, 6.07) is 3.39. The number of aromatic nitrogens is 1. The summed E-state index contributed by atoms with van der Waals surface area (Å²) in [6.07, 6.45) is 6.60. The molecule has 2 aromatic rings. The number of hydrogen-bond donors (Lipinski definition) is 0. The third-order valence-electron chi connectivity index (χ3n) is 1.55. The van der Waals surface area contributed by atoms with Crippen molar-refractivity contribution in [2.75, 3.05) is 0 Å². The molecule has 1 aromatic carbocycles. The Morgan fingerprint density at radius 2 is 2.33 bits per heavy atom. The maximum atomic E-state index is 5.78. The fourth-order valence-electron chi connectivity index (χ4n) is 1.04. The van der Waals surface area contributed by atoms with E-state index in [0.29, 0.717) is 21.7 Å². The zero-order valence-electron chi connectivity index (χ0n) is 6.04. The number of benzene rings is 1. The van der Waals surface area contributed by atoms with Gasteiger partial charge in [0.25, 0.3) is 0 Å². The number of oxazole rings is 1. The van der Waals surface area contributed by atoms with Crippen LogP contribution in [0.1, 0.15) is 5.56 Å². The van der Waals surface area contributed by atoms with E-state index in [1.165, 1.54) is 6.39 Å². The molecule has 0 aliphatic rings. The molecule has 0 saturated heterocycles. The van der Waals surface area contributed by atoms with E-state index >= 15 is 0 Å². The highest BCUT2D eigenvalue weighted by Crippen LogP contribution is 2.21. The van der Waals surface area contributed by atoms with Gasteiger partial charge in [0.05, 0.1) is 5.56 Å². The molecule has 0 unspecified atom stereocenters. The summed E-state index contributed by atoms with van der Waals surface area (Å²) >= 11 is 5.78. The zero-order chi connectivity index (χ0) is 8.55. The molecular formula is C9H4ClNO. The normalized spacial score (nSPS) is 10.0. The molecule has 58 valence electrons. The maximum absolute atomic E-state index is 5.78. The van der Waals surface area contributed by atoms with Gasteiger partial charge in [0, 0.05) is 5.02 Å². The van der Waals surface area contributed by atoms with Crippen LogP contribution in [0.2, 0.25) is 5.02 Å². The van der Waals surface area contributed by atoms with Crippen LogP contribution >= 0.6 is 11.6 Å². The lowest BCUT2D eigenvalue weighted by Gasteiger charge is -1.92. The molecule has 0 N–H and O–H groups in total. The van der Waals surface area contributed by atoms with Crippen LogP contribution in [0.4, 0.5) is 0 Å². The van der Waals surface area contributed by atoms with Crippen LogP contribution in [-0.4, -0.2) is 4.98 Å². The molecule has 0 radical (unpaired) electrons. The molecule has 1 heterocycles. The van der Waals surface area contributed by atoms with Crippen molar-refractivity contribution in [1.82, 2.24) is 4.98 Å². The third-order valence-corrected chi connectivity index (χ3v) is 1.77. The molecule has 0 amide bonds. The van der Waals surface area contributed by atoms with E-state index in [0.717, 1.165) is 0 Å². The number of rotatable bonds is 0. The van der Waals surface area contributed by atoms with Gasteiger partial charge in [-0.25, -0.2) is 4.98 Å². The van der Waals surface area contributed by atoms with Crippen LogP contribution < -0.4 is 0 Å². The summed E-state index contributed by atoms with van der Waals surface area (Å²) in [4.78, 5) is 3.94. The van der Waals surface area contributed by atoms with E-state index in [2.05, 4.69) is 10.9 Å². The van der Waals surface area contributed by atoms with Gasteiger partial charge in [-0.3, -0.25) is 0 Å². The Balaban J connectivity index is 2.91. The predicted octanol–water partition coefficient (Wildman–Crippen LogP) is 2.46. The number of nitrogens with zero attached hydrogens (tertiary/aromatic N) is 1. The molecule has 0 spiro atoms. The van der Waals surface area contributed by atoms with E-state index in [-0.39, 0.29) is 0 Å². The highest BCUT2D eigenvalue weighted by molar-refractivity contribution is 6.31. The monoisotopic (exact) mass is 177 g/mol. The predicted molar refractivity (Wildman–Crippen MR) is 47.0 cm³/mol. The first kappa shape index (κ1) is 7.20. The van der Waals surface area contributed by atoms with Crippen molar-refractivity contribution < 1.29 is 4.42 Å². The number of halogens is 1. The minimum Gasteiger partial charge on any atom is -0.442 e. The van der Waals surface area contributed by atoms with E-state index < -0.39 is 0 Å². The van der Waals surface area contributed by atoms with E-state index in [4.69, 9.17) is 22.4 Å². The van der Waals surface area contributed by atoms with Gasteiger partial charge < -0.3 is 4.42 Å². The van der Waals surface area contributed by atoms with E-state index in [9.17, 15) is 0 Å². The van der Waals surface area contributed by atoms with Crippen molar-refractivity contribution in [1.29, 1.82) is 0 Å². The second-order valence-electron chi connectivity index (χ2n) is 2.30. The molecule has 3 heteroatoms. The summed E-state index contributed by atoms with van der Waals surface area (Å²) in [7, 11) is 0. The fraction of sp³-hybridized carbons (Fsp3) is 0.